The second-order valence-electron chi connectivity index (χ2n) is 3.30. The number of thioether (sulfide) groups is 1. The molecule has 0 saturated carbocycles. The van der Waals surface area contributed by atoms with Crippen molar-refractivity contribution in [2.45, 2.75) is 10.9 Å². The summed E-state index contributed by atoms with van der Waals surface area (Å²) in [5, 5.41) is 22.3. The molecule has 0 fully saturated rings. The number of nitro groups is 1. The molecule has 0 spiro atoms. The van der Waals surface area contributed by atoms with Gasteiger partial charge in [-0.25, -0.2) is 4.68 Å². The zero-order valence-electron chi connectivity index (χ0n) is 8.98. The monoisotopic (exact) mass is 251 g/mol. The summed E-state index contributed by atoms with van der Waals surface area (Å²) in [6.07, 6.45) is 0. The van der Waals surface area contributed by atoms with Gasteiger partial charge in [-0.2, -0.15) is 0 Å². The van der Waals surface area contributed by atoms with Gasteiger partial charge in [0.05, 0.1) is 4.92 Å². The molecular weight excluding hydrogens is 242 g/mol. The van der Waals surface area contributed by atoms with Crippen molar-refractivity contribution in [2.24, 2.45) is 7.05 Å². The number of benzene rings is 1. The van der Waals surface area contributed by atoms with Crippen molar-refractivity contribution in [1.29, 1.82) is 0 Å². The number of nitrogens with zero attached hydrogens (tertiary/aromatic N) is 5. The Morgan fingerprint density at radius 3 is 3.00 bits per heavy atom. The molecule has 0 unspecified atom stereocenters. The van der Waals surface area contributed by atoms with Crippen LogP contribution in [0, 0.1) is 10.1 Å². The Hall–Kier alpha value is -1.96. The average Bonchev–Trinajstić information content (AvgIpc) is 2.72. The van der Waals surface area contributed by atoms with E-state index in [0.717, 1.165) is 5.56 Å². The maximum Gasteiger partial charge on any atom is 0.269 e. The molecule has 8 heteroatoms. The molecule has 0 aliphatic rings. The number of rotatable bonds is 4. The third-order valence-corrected chi connectivity index (χ3v) is 3.15. The standard InChI is InChI=1S/C9H9N5O2S/c1-13-9(10-11-12-13)17-6-7-3-2-4-8(5-7)14(15)16/h2-5H,6H2,1H3. The minimum absolute atomic E-state index is 0.0965. The molecule has 17 heavy (non-hydrogen) atoms. The van der Waals surface area contributed by atoms with Crippen molar-refractivity contribution >= 4 is 17.4 Å². The van der Waals surface area contributed by atoms with E-state index in [1.165, 1.54) is 17.8 Å². The normalized spacial score (nSPS) is 10.4. The Balaban J connectivity index is 2.07. The van der Waals surface area contributed by atoms with E-state index in [2.05, 4.69) is 15.5 Å². The lowest BCUT2D eigenvalue weighted by Gasteiger charge is -2.00. The van der Waals surface area contributed by atoms with Crippen LogP contribution in [0.15, 0.2) is 29.4 Å². The van der Waals surface area contributed by atoms with Crippen LogP contribution < -0.4 is 0 Å². The summed E-state index contributed by atoms with van der Waals surface area (Å²) in [6, 6.07) is 6.53. The molecule has 0 aliphatic heterocycles. The van der Waals surface area contributed by atoms with Crippen LogP contribution in [0.1, 0.15) is 5.56 Å². The Kier molecular flexibility index (Phi) is 3.33. The van der Waals surface area contributed by atoms with Crippen LogP contribution in [-0.2, 0) is 12.8 Å². The minimum atomic E-state index is -0.405. The molecule has 0 N–H and O–H groups in total. The van der Waals surface area contributed by atoms with Crippen molar-refractivity contribution in [3.05, 3.63) is 39.9 Å². The first-order chi connectivity index (χ1) is 8.16. The average molecular weight is 251 g/mol. The molecule has 0 aliphatic carbocycles. The Morgan fingerprint density at radius 1 is 1.53 bits per heavy atom. The van der Waals surface area contributed by atoms with E-state index in [1.807, 2.05) is 6.07 Å². The van der Waals surface area contributed by atoms with Crippen LogP contribution in [0.3, 0.4) is 0 Å². The van der Waals surface area contributed by atoms with Gasteiger partial charge in [0.1, 0.15) is 0 Å². The van der Waals surface area contributed by atoms with Crippen molar-refractivity contribution in [3.63, 3.8) is 0 Å². The van der Waals surface area contributed by atoms with Gasteiger partial charge in [0.2, 0.25) is 5.16 Å². The van der Waals surface area contributed by atoms with Crippen LogP contribution in [0.2, 0.25) is 0 Å². The number of hydrogen-bond donors (Lipinski definition) is 0. The van der Waals surface area contributed by atoms with Crippen LogP contribution in [0.5, 0.6) is 0 Å². The smallest absolute Gasteiger partial charge is 0.258 e. The summed E-state index contributed by atoms with van der Waals surface area (Å²) >= 11 is 1.43. The number of hydrogen-bond acceptors (Lipinski definition) is 6. The van der Waals surface area contributed by atoms with Gasteiger partial charge in [-0.05, 0) is 16.0 Å². The Morgan fingerprint density at radius 2 is 2.35 bits per heavy atom. The van der Waals surface area contributed by atoms with Crippen LogP contribution >= 0.6 is 11.8 Å². The number of tetrazole rings is 1. The Labute approximate surface area is 101 Å². The Bertz CT molecular complexity index is 542. The van der Waals surface area contributed by atoms with Crippen molar-refractivity contribution < 1.29 is 4.92 Å². The summed E-state index contributed by atoms with van der Waals surface area (Å²) in [6.45, 7) is 0. The highest BCUT2D eigenvalue weighted by atomic mass is 32.2. The highest BCUT2D eigenvalue weighted by Gasteiger charge is 2.07. The molecule has 0 bridgehead atoms. The van der Waals surface area contributed by atoms with Gasteiger partial charge < -0.3 is 0 Å². The van der Waals surface area contributed by atoms with Gasteiger partial charge in [-0.15, -0.1) is 5.10 Å². The predicted octanol–water partition coefficient (Wildman–Crippen LogP) is 1.41. The molecule has 2 aromatic rings. The lowest BCUT2D eigenvalue weighted by atomic mass is 10.2. The zero-order chi connectivity index (χ0) is 12.3. The van der Waals surface area contributed by atoms with Gasteiger partial charge in [0.15, 0.2) is 0 Å². The number of aromatic nitrogens is 4. The lowest BCUT2D eigenvalue weighted by molar-refractivity contribution is -0.384. The van der Waals surface area contributed by atoms with E-state index < -0.39 is 4.92 Å². The van der Waals surface area contributed by atoms with Crippen molar-refractivity contribution in [1.82, 2.24) is 20.2 Å². The van der Waals surface area contributed by atoms with E-state index in [1.54, 1.807) is 23.9 Å². The van der Waals surface area contributed by atoms with Gasteiger partial charge in [0, 0.05) is 24.9 Å². The molecule has 0 atom stereocenters. The molecule has 7 nitrogen and oxygen atoms in total. The van der Waals surface area contributed by atoms with Crippen LogP contribution in [0.4, 0.5) is 5.69 Å². The predicted molar refractivity (Wildman–Crippen MR) is 61.5 cm³/mol. The van der Waals surface area contributed by atoms with E-state index in [-0.39, 0.29) is 5.69 Å². The zero-order valence-corrected chi connectivity index (χ0v) is 9.79. The fourth-order valence-electron chi connectivity index (χ4n) is 1.25. The first-order valence-electron chi connectivity index (χ1n) is 4.75. The third kappa shape index (κ3) is 2.78. The highest BCUT2D eigenvalue weighted by molar-refractivity contribution is 7.98. The third-order valence-electron chi connectivity index (χ3n) is 2.07. The summed E-state index contributed by atoms with van der Waals surface area (Å²) < 4.78 is 1.56. The second-order valence-corrected chi connectivity index (χ2v) is 4.24. The maximum absolute atomic E-state index is 10.6. The molecule has 0 saturated heterocycles. The van der Waals surface area contributed by atoms with Crippen LogP contribution in [0.25, 0.3) is 0 Å². The quantitative estimate of drug-likeness (QED) is 0.464. The first-order valence-corrected chi connectivity index (χ1v) is 5.74. The van der Waals surface area contributed by atoms with Crippen molar-refractivity contribution in [2.75, 3.05) is 0 Å². The van der Waals surface area contributed by atoms with E-state index in [4.69, 9.17) is 0 Å². The van der Waals surface area contributed by atoms with Crippen LogP contribution in [-0.4, -0.2) is 25.1 Å². The van der Waals surface area contributed by atoms with Crippen molar-refractivity contribution in [3.8, 4) is 0 Å². The maximum atomic E-state index is 10.6. The number of nitro benzene ring substituents is 1. The molecule has 0 radical (unpaired) electrons. The fraction of sp³-hybridized carbons (Fsp3) is 0.222. The highest BCUT2D eigenvalue weighted by Crippen LogP contribution is 2.21. The summed E-state index contributed by atoms with van der Waals surface area (Å²) in [5.74, 6) is 0.593. The number of non-ortho nitro benzene ring substituents is 1. The molecule has 1 heterocycles. The topological polar surface area (TPSA) is 86.7 Å². The number of aryl methyl sites for hydroxylation is 1. The minimum Gasteiger partial charge on any atom is -0.258 e. The summed E-state index contributed by atoms with van der Waals surface area (Å²) in [7, 11) is 1.75. The van der Waals surface area contributed by atoms with E-state index >= 15 is 0 Å². The van der Waals surface area contributed by atoms with Gasteiger partial charge in [-0.1, -0.05) is 23.9 Å². The van der Waals surface area contributed by atoms with E-state index in [0.29, 0.717) is 10.9 Å². The second kappa shape index (κ2) is 4.91. The molecule has 0 amide bonds. The molecule has 1 aromatic heterocycles. The largest absolute Gasteiger partial charge is 0.269 e. The summed E-state index contributed by atoms with van der Waals surface area (Å²) in [4.78, 5) is 10.2. The van der Waals surface area contributed by atoms with Gasteiger partial charge >= 0.3 is 0 Å². The summed E-state index contributed by atoms with van der Waals surface area (Å²) in [5.41, 5.74) is 0.964. The molecular formula is C9H9N5O2S. The molecule has 1 aromatic carbocycles. The SMILES string of the molecule is Cn1nnnc1SCc1cccc([N+](=O)[O-])c1. The molecule has 2 rings (SSSR count). The van der Waals surface area contributed by atoms with Gasteiger partial charge in [0.25, 0.3) is 5.69 Å². The fourth-order valence-corrected chi connectivity index (χ4v) is 2.04. The lowest BCUT2D eigenvalue weighted by Crippen LogP contribution is -1.94. The van der Waals surface area contributed by atoms with E-state index in [9.17, 15) is 10.1 Å². The first kappa shape index (κ1) is 11.5. The van der Waals surface area contributed by atoms with Gasteiger partial charge in [-0.3, -0.25) is 10.1 Å². The molecule has 88 valence electrons.